The highest BCUT2D eigenvalue weighted by Gasteiger charge is 2.17. The van der Waals surface area contributed by atoms with Crippen molar-refractivity contribution in [1.82, 2.24) is 15.1 Å². The van der Waals surface area contributed by atoms with Gasteiger partial charge in [0.25, 0.3) is 5.91 Å². The van der Waals surface area contributed by atoms with E-state index < -0.39 is 18.5 Å². The van der Waals surface area contributed by atoms with E-state index in [1.807, 2.05) is 31.2 Å². The lowest BCUT2D eigenvalue weighted by Gasteiger charge is -2.17. The maximum atomic E-state index is 12.1. The molecule has 2 aromatic heterocycles. The summed E-state index contributed by atoms with van der Waals surface area (Å²) >= 11 is 0. The second-order valence-electron chi connectivity index (χ2n) is 6.08. The second kappa shape index (κ2) is 8.90. The van der Waals surface area contributed by atoms with Gasteiger partial charge in [-0.1, -0.05) is 18.2 Å². The Balaban J connectivity index is 1.50. The molecule has 3 rings (SSSR count). The average molecular weight is 383 g/mol. The van der Waals surface area contributed by atoms with Crippen LogP contribution in [-0.4, -0.2) is 35.4 Å². The molecule has 1 aromatic carbocycles. The highest BCUT2D eigenvalue weighted by atomic mass is 16.5. The van der Waals surface area contributed by atoms with Gasteiger partial charge in [0.2, 0.25) is 5.76 Å². The van der Waals surface area contributed by atoms with Crippen molar-refractivity contribution in [1.29, 1.82) is 0 Å². The molecule has 0 fully saturated rings. The van der Waals surface area contributed by atoms with Gasteiger partial charge >= 0.3 is 5.97 Å². The lowest BCUT2D eigenvalue weighted by molar-refractivity contribution is -0.124. The second-order valence-corrected chi connectivity index (χ2v) is 6.08. The first kappa shape index (κ1) is 19.2. The van der Waals surface area contributed by atoms with Gasteiger partial charge in [0, 0.05) is 18.0 Å². The van der Waals surface area contributed by atoms with E-state index in [0.29, 0.717) is 18.1 Å². The number of benzene rings is 1. The molecule has 0 bridgehead atoms. The van der Waals surface area contributed by atoms with Gasteiger partial charge in [-0.25, -0.2) is 4.79 Å². The third kappa shape index (κ3) is 4.79. The molecule has 1 unspecified atom stereocenters. The number of esters is 1. The summed E-state index contributed by atoms with van der Waals surface area (Å²) in [6.45, 7) is 1.82. The Hall–Kier alpha value is -3.55. The van der Waals surface area contributed by atoms with Crippen LogP contribution in [0, 0.1) is 0 Å². The van der Waals surface area contributed by atoms with Crippen molar-refractivity contribution in [3.8, 4) is 5.75 Å². The van der Waals surface area contributed by atoms with E-state index in [9.17, 15) is 9.59 Å². The number of carbonyl (C=O) groups excluding carboxylic acids is 2. The maximum absolute atomic E-state index is 12.1. The summed E-state index contributed by atoms with van der Waals surface area (Å²) in [5.74, 6) is 0.145. The Morgan fingerprint density at radius 3 is 2.79 bits per heavy atom. The van der Waals surface area contributed by atoms with Crippen LogP contribution in [0.15, 0.2) is 59.3 Å². The molecule has 1 atom stereocenters. The van der Waals surface area contributed by atoms with Crippen LogP contribution in [0.2, 0.25) is 0 Å². The maximum Gasteiger partial charge on any atom is 0.374 e. The van der Waals surface area contributed by atoms with Crippen LogP contribution in [-0.2, 0) is 16.1 Å². The fourth-order valence-corrected chi connectivity index (χ4v) is 2.71. The van der Waals surface area contributed by atoms with E-state index in [-0.39, 0.29) is 11.8 Å². The molecule has 0 aliphatic rings. The number of furan rings is 1. The summed E-state index contributed by atoms with van der Waals surface area (Å²) in [6, 6.07) is 12.1. The first-order valence-electron chi connectivity index (χ1n) is 8.72. The van der Waals surface area contributed by atoms with Crippen molar-refractivity contribution < 1.29 is 23.5 Å². The molecule has 1 amide bonds. The van der Waals surface area contributed by atoms with Crippen molar-refractivity contribution in [3.63, 3.8) is 0 Å². The van der Waals surface area contributed by atoms with Crippen molar-refractivity contribution in [2.45, 2.75) is 19.5 Å². The summed E-state index contributed by atoms with van der Waals surface area (Å²) < 4.78 is 17.4. The number of hydrogen-bond donors (Lipinski definition) is 1. The fraction of sp³-hybridized carbons (Fsp3) is 0.250. The Bertz CT molecular complexity index is 933. The molecule has 0 aliphatic heterocycles. The SMILES string of the molecule is COc1ccccc1C(C)NC(=O)COC(=O)c1ccc(Cn2cccn2)o1. The van der Waals surface area contributed by atoms with Crippen LogP contribution in [0.25, 0.3) is 0 Å². The topological polar surface area (TPSA) is 95.6 Å². The first-order chi connectivity index (χ1) is 13.6. The Labute approximate surface area is 162 Å². The van der Waals surface area contributed by atoms with Crippen molar-refractivity contribution in [2.24, 2.45) is 0 Å². The molecule has 28 heavy (non-hydrogen) atoms. The van der Waals surface area contributed by atoms with Gasteiger partial charge in [-0.05, 0) is 31.2 Å². The van der Waals surface area contributed by atoms with Gasteiger partial charge < -0.3 is 19.2 Å². The summed E-state index contributed by atoms with van der Waals surface area (Å²) in [6.07, 6.45) is 3.44. The minimum Gasteiger partial charge on any atom is -0.496 e. The van der Waals surface area contributed by atoms with Crippen LogP contribution in [0.1, 0.15) is 34.8 Å². The summed E-state index contributed by atoms with van der Waals surface area (Å²) in [7, 11) is 1.57. The molecule has 8 nitrogen and oxygen atoms in total. The number of nitrogens with zero attached hydrogens (tertiary/aromatic N) is 2. The Morgan fingerprint density at radius 2 is 2.04 bits per heavy atom. The Kier molecular flexibility index (Phi) is 6.11. The molecule has 2 heterocycles. The number of para-hydroxylation sites is 1. The quantitative estimate of drug-likeness (QED) is 0.601. The van der Waals surface area contributed by atoms with Gasteiger partial charge in [0.05, 0.1) is 19.7 Å². The molecule has 0 saturated carbocycles. The number of carbonyl (C=O) groups is 2. The normalized spacial score (nSPS) is 11.6. The van der Waals surface area contributed by atoms with Gasteiger partial charge in [0.1, 0.15) is 11.5 Å². The minimum atomic E-state index is -0.702. The van der Waals surface area contributed by atoms with Crippen LogP contribution in [0.3, 0.4) is 0 Å². The van der Waals surface area contributed by atoms with E-state index in [4.69, 9.17) is 13.9 Å². The fourth-order valence-electron chi connectivity index (χ4n) is 2.71. The number of rotatable bonds is 8. The monoisotopic (exact) mass is 383 g/mol. The first-order valence-corrected chi connectivity index (χ1v) is 8.72. The van der Waals surface area contributed by atoms with E-state index in [1.165, 1.54) is 6.07 Å². The molecule has 8 heteroatoms. The van der Waals surface area contributed by atoms with Crippen LogP contribution in [0.4, 0.5) is 0 Å². The molecule has 0 radical (unpaired) electrons. The average Bonchev–Trinajstić information content (AvgIpc) is 3.38. The van der Waals surface area contributed by atoms with Gasteiger partial charge in [-0.15, -0.1) is 0 Å². The van der Waals surface area contributed by atoms with Gasteiger partial charge in [-0.3, -0.25) is 9.48 Å². The van der Waals surface area contributed by atoms with Crippen molar-refractivity contribution in [2.75, 3.05) is 13.7 Å². The Morgan fingerprint density at radius 1 is 1.21 bits per heavy atom. The molecule has 0 aliphatic carbocycles. The number of aromatic nitrogens is 2. The van der Waals surface area contributed by atoms with Crippen molar-refractivity contribution >= 4 is 11.9 Å². The third-order valence-corrected chi connectivity index (χ3v) is 4.06. The highest BCUT2D eigenvalue weighted by molar-refractivity contribution is 5.88. The summed E-state index contributed by atoms with van der Waals surface area (Å²) in [5, 5.41) is 6.84. The van der Waals surface area contributed by atoms with Gasteiger partial charge in [0.15, 0.2) is 6.61 Å². The lowest BCUT2D eigenvalue weighted by atomic mass is 10.1. The summed E-state index contributed by atoms with van der Waals surface area (Å²) in [4.78, 5) is 24.2. The zero-order valence-corrected chi connectivity index (χ0v) is 15.6. The molecular formula is C20H21N3O5. The standard InChI is InChI=1S/C20H21N3O5/c1-14(16-6-3-4-7-17(16)26-2)22-19(24)13-27-20(25)18-9-8-15(28-18)12-23-11-5-10-21-23/h3-11,14H,12-13H2,1-2H3,(H,22,24). The number of amides is 1. The third-order valence-electron chi connectivity index (χ3n) is 4.06. The van der Waals surface area contributed by atoms with E-state index in [2.05, 4.69) is 10.4 Å². The number of hydrogen-bond acceptors (Lipinski definition) is 6. The molecular weight excluding hydrogens is 362 g/mol. The van der Waals surface area contributed by atoms with E-state index >= 15 is 0 Å². The zero-order chi connectivity index (χ0) is 19.9. The predicted molar refractivity (Wildman–Crippen MR) is 99.9 cm³/mol. The predicted octanol–water partition coefficient (Wildman–Crippen LogP) is 2.57. The van der Waals surface area contributed by atoms with Crippen LogP contribution in [0.5, 0.6) is 5.75 Å². The number of ether oxygens (including phenoxy) is 2. The zero-order valence-electron chi connectivity index (χ0n) is 15.6. The number of nitrogens with one attached hydrogen (secondary N) is 1. The smallest absolute Gasteiger partial charge is 0.374 e. The molecule has 0 saturated heterocycles. The minimum absolute atomic E-state index is 0.0349. The summed E-state index contributed by atoms with van der Waals surface area (Å²) in [5.41, 5.74) is 0.832. The highest BCUT2D eigenvalue weighted by Crippen LogP contribution is 2.24. The lowest BCUT2D eigenvalue weighted by Crippen LogP contribution is -2.31. The van der Waals surface area contributed by atoms with Gasteiger partial charge in [-0.2, -0.15) is 5.10 Å². The molecule has 1 N–H and O–H groups in total. The number of methoxy groups -OCH3 is 1. The van der Waals surface area contributed by atoms with Crippen LogP contribution < -0.4 is 10.1 Å². The molecule has 3 aromatic rings. The van der Waals surface area contributed by atoms with Crippen LogP contribution >= 0.6 is 0 Å². The van der Waals surface area contributed by atoms with E-state index in [1.54, 1.807) is 36.3 Å². The molecule has 146 valence electrons. The van der Waals surface area contributed by atoms with Crippen molar-refractivity contribution in [3.05, 3.63) is 71.9 Å². The van der Waals surface area contributed by atoms with E-state index in [0.717, 1.165) is 5.56 Å². The molecule has 0 spiro atoms. The largest absolute Gasteiger partial charge is 0.496 e.